The fraction of sp³-hybridized carbons (Fsp3) is 0.355. The summed E-state index contributed by atoms with van der Waals surface area (Å²) in [5.74, 6) is -1.63. The van der Waals surface area contributed by atoms with Gasteiger partial charge in [-0.05, 0) is 56.9 Å². The molecular weight excluding hydrogens is 604 g/mol. The second-order valence-corrected chi connectivity index (χ2v) is 13.1. The van der Waals surface area contributed by atoms with E-state index in [0.29, 0.717) is 39.1 Å². The van der Waals surface area contributed by atoms with Crippen LogP contribution in [0.3, 0.4) is 0 Å². The molecule has 1 saturated heterocycles. The minimum absolute atomic E-state index is 0.00911. The number of ether oxygens (including phenoxy) is 1. The molecule has 234 valence electrons. The van der Waals surface area contributed by atoms with Crippen molar-refractivity contribution in [3.05, 3.63) is 71.6 Å². The van der Waals surface area contributed by atoms with Gasteiger partial charge >= 0.3 is 6.03 Å². The number of nitriles is 1. The number of amides is 2. The van der Waals surface area contributed by atoms with Crippen molar-refractivity contribution < 1.29 is 26.7 Å². The Morgan fingerprint density at radius 3 is 2.58 bits per heavy atom. The molecule has 2 aliphatic rings. The SMILES string of the molecule is Cc1ccc(S(=O)(=O)n2cc(-c3nc(N[C@H]4CCC[C@@H](NC(=O)N5CCOCC5)C4)c(F)cc3C#N)c3cc(F)cnc32)cc1. The number of carbonyl (C=O) groups is 1. The highest BCUT2D eigenvalue weighted by Crippen LogP contribution is 2.35. The van der Waals surface area contributed by atoms with Crippen LogP contribution in [0.15, 0.2) is 53.7 Å². The Labute approximate surface area is 258 Å². The third-order valence-electron chi connectivity index (χ3n) is 8.15. The Bertz CT molecular complexity index is 1900. The van der Waals surface area contributed by atoms with Gasteiger partial charge in [-0.15, -0.1) is 0 Å². The monoisotopic (exact) mass is 635 g/mol. The molecule has 2 amide bonds. The van der Waals surface area contributed by atoms with Gasteiger partial charge in [-0.3, -0.25) is 0 Å². The van der Waals surface area contributed by atoms with Crippen LogP contribution < -0.4 is 10.6 Å². The maximum atomic E-state index is 15.3. The number of nitrogens with one attached hydrogen (secondary N) is 2. The molecule has 14 heteroatoms. The van der Waals surface area contributed by atoms with E-state index in [4.69, 9.17) is 4.74 Å². The van der Waals surface area contributed by atoms with Crippen LogP contribution in [0.2, 0.25) is 0 Å². The Morgan fingerprint density at radius 1 is 1.11 bits per heavy atom. The first-order chi connectivity index (χ1) is 21.6. The number of halogens is 2. The largest absolute Gasteiger partial charge is 0.378 e. The predicted octanol–water partition coefficient (Wildman–Crippen LogP) is 4.56. The number of pyridine rings is 2. The lowest BCUT2D eigenvalue weighted by molar-refractivity contribution is 0.0521. The first-order valence-corrected chi connectivity index (χ1v) is 16.1. The van der Waals surface area contributed by atoms with Crippen molar-refractivity contribution in [3.8, 4) is 17.3 Å². The van der Waals surface area contributed by atoms with Crippen LogP contribution in [0, 0.1) is 29.9 Å². The number of rotatable bonds is 6. The molecule has 4 aromatic rings. The summed E-state index contributed by atoms with van der Waals surface area (Å²) in [7, 11) is -4.18. The maximum Gasteiger partial charge on any atom is 0.317 e. The van der Waals surface area contributed by atoms with Gasteiger partial charge in [0, 0.05) is 42.3 Å². The van der Waals surface area contributed by atoms with Crippen LogP contribution >= 0.6 is 0 Å². The third kappa shape index (κ3) is 6.18. The maximum absolute atomic E-state index is 15.3. The second kappa shape index (κ2) is 12.4. The third-order valence-corrected chi connectivity index (χ3v) is 9.81. The van der Waals surface area contributed by atoms with E-state index < -0.39 is 21.7 Å². The number of fused-ring (bicyclic) bond motifs is 1. The number of anilines is 1. The molecule has 4 heterocycles. The highest BCUT2D eigenvalue weighted by Gasteiger charge is 2.29. The Balaban J connectivity index is 1.33. The molecule has 0 bridgehead atoms. The van der Waals surface area contributed by atoms with Crippen LogP contribution in [0.4, 0.5) is 19.4 Å². The van der Waals surface area contributed by atoms with E-state index in [2.05, 4.69) is 20.6 Å². The number of benzene rings is 1. The fourth-order valence-electron chi connectivity index (χ4n) is 5.81. The van der Waals surface area contributed by atoms with Crippen molar-refractivity contribution in [2.45, 2.75) is 49.6 Å². The molecule has 6 rings (SSSR count). The number of morpholine rings is 1. The minimum Gasteiger partial charge on any atom is -0.378 e. The average Bonchev–Trinajstić information content (AvgIpc) is 3.42. The van der Waals surface area contributed by atoms with E-state index in [-0.39, 0.29) is 56.7 Å². The summed E-state index contributed by atoms with van der Waals surface area (Å²) in [6.45, 7) is 3.85. The number of nitrogens with zero attached hydrogens (tertiary/aromatic N) is 5. The zero-order valence-corrected chi connectivity index (χ0v) is 25.3. The number of aromatic nitrogens is 3. The first-order valence-electron chi connectivity index (χ1n) is 14.6. The molecule has 0 spiro atoms. The van der Waals surface area contributed by atoms with Gasteiger partial charge in [0.2, 0.25) is 0 Å². The van der Waals surface area contributed by atoms with E-state index in [9.17, 15) is 22.9 Å². The molecule has 1 saturated carbocycles. The van der Waals surface area contributed by atoms with Crippen molar-refractivity contribution >= 4 is 32.9 Å². The molecule has 0 radical (unpaired) electrons. The Kier molecular flexibility index (Phi) is 8.39. The molecule has 2 fully saturated rings. The zero-order valence-electron chi connectivity index (χ0n) is 24.5. The van der Waals surface area contributed by atoms with E-state index >= 15 is 4.39 Å². The molecule has 45 heavy (non-hydrogen) atoms. The number of hydrogen-bond acceptors (Lipinski definition) is 8. The van der Waals surface area contributed by atoms with Crippen molar-refractivity contribution in [3.63, 3.8) is 0 Å². The summed E-state index contributed by atoms with van der Waals surface area (Å²) in [6, 6.07) is 9.76. The summed E-state index contributed by atoms with van der Waals surface area (Å²) >= 11 is 0. The molecule has 3 aromatic heterocycles. The van der Waals surface area contributed by atoms with Gasteiger partial charge in [-0.2, -0.15) is 5.26 Å². The van der Waals surface area contributed by atoms with Gasteiger partial charge < -0.3 is 20.3 Å². The van der Waals surface area contributed by atoms with Crippen LogP contribution in [0.1, 0.15) is 36.8 Å². The number of hydrogen-bond donors (Lipinski definition) is 2. The first kappa shape index (κ1) is 30.4. The van der Waals surface area contributed by atoms with E-state index in [1.54, 1.807) is 17.0 Å². The van der Waals surface area contributed by atoms with Crippen molar-refractivity contribution in [1.29, 1.82) is 5.26 Å². The Morgan fingerprint density at radius 2 is 1.84 bits per heavy atom. The van der Waals surface area contributed by atoms with Gasteiger partial charge in [-0.25, -0.2) is 35.9 Å². The van der Waals surface area contributed by atoms with E-state index in [0.717, 1.165) is 40.7 Å². The molecule has 2 atom stereocenters. The predicted molar refractivity (Wildman–Crippen MR) is 162 cm³/mol. The standard InChI is InChI=1S/C31H31F2N7O4S/c1-19-5-7-24(8-6-19)45(42,43)40-18-26(25-14-21(32)17-35-30(25)40)28-20(16-34)13-27(33)29(38-28)36-22-3-2-4-23(15-22)37-31(41)39-9-11-44-12-10-39/h5-8,13-14,17-18,22-23H,2-4,9-12,15H2,1H3,(H,36,38)(H,37,41)/t22-,23+/m0/s1. The number of carbonyl (C=O) groups excluding carboxylic acids is 1. The van der Waals surface area contributed by atoms with E-state index in [1.165, 1.54) is 18.3 Å². The highest BCUT2D eigenvalue weighted by molar-refractivity contribution is 7.90. The lowest BCUT2D eigenvalue weighted by Gasteiger charge is -2.33. The van der Waals surface area contributed by atoms with Crippen LogP contribution in [0.25, 0.3) is 22.3 Å². The molecule has 11 nitrogen and oxygen atoms in total. The second-order valence-electron chi connectivity index (χ2n) is 11.3. The summed E-state index contributed by atoms with van der Waals surface area (Å²) in [6.07, 6.45) is 4.91. The number of aryl methyl sites for hydroxylation is 1. The van der Waals surface area contributed by atoms with Crippen LogP contribution in [-0.4, -0.2) is 71.7 Å². The molecule has 1 aliphatic heterocycles. The average molecular weight is 636 g/mol. The van der Waals surface area contributed by atoms with Crippen LogP contribution in [-0.2, 0) is 14.8 Å². The quantitative estimate of drug-likeness (QED) is 0.314. The van der Waals surface area contributed by atoms with E-state index in [1.807, 2.05) is 13.0 Å². The molecular formula is C31H31F2N7O4S. The summed E-state index contributed by atoms with van der Waals surface area (Å²) in [4.78, 5) is 22.9. The summed E-state index contributed by atoms with van der Waals surface area (Å²) < 4.78 is 63.4. The van der Waals surface area contributed by atoms with Crippen LogP contribution in [0.5, 0.6) is 0 Å². The lowest BCUT2D eigenvalue weighted by atomic mass is 9.91. The molecule has 1 aromatic carbocycles. The minimum atomic E-state index is -4.18. The van der Waals surface area contributed by atoms with Crippen molar-refractivity contribution in [1.82, 2.24) is 24.2 Å². The number of urea groups is 1. The molecule has 0 unspecified atom stereocenters. The van der Waals surface area contributed by atoms with Gasteiger partial charge in [0.25, 0.3) is 10.0 Å². The van der Waals surface area contributed by atoms with Crippen molar-refractivity contribution in [2.24, 2.45) is 0 Å². The van der Waals surface area contributed by atoms with Gasteiger partial charge in [0.15, 0.2) is 17.3 Å². The molecule has 1 aliphatic carbocycles. The van der Waals surface area contributed by atoms with Gasteiger partial charge in [0.05, 0.1) is 35.6 Å². The summed E-state index contributed by atoms with van der Waals surface area (Å²) in [5, 5.41) is 16.2. The van der Waals surface area contributed by atoms with Gasteiger partial charge in [0.1, 0.15) is 11.9 Å². The normalized spacial score (nSPS) is 18.8. The van der Waals surface area contributed by atoms with Crippen molar-refractivity contribution in [2.75, 3.05) is 31.6 Å². The fourth-order valence-corrected chi connectivity index (χ4v) is 7.13. The highest BCUT2D eigenvalue weighted by atomic mass is 32.2. The lowest BCUT2D eigenvalue weighted by Crippen LogP contribution is -2.51. The zero-order chi connectivity index (χ0) is 31.7. The smallest absolute Gasteiger partial charge is 0.317 e. The summed E-state index contributed by atoms with van der Waals surface area (Å²) in [5.41, 5.74) is 0.720. The Hall–Kier alpha value is -4.61. The molecule has 2 N–H and O–H groups in total. The topological polar surface area (TPSA) is 142 Å². The van der Waals surface area contributed by atoms with Gasteiger partial charge in [-0.1, -0.05) is 17.7 Å².